The van der Waals surface area contributed by atoms with Gasteiger partial charge in [-0.15, -0.1) is 0 Å². The summed E-state index contributed by atoms with van der Waals surface area (Å²) >= 11 is 0. The molecule has 0 bridgehead atoms. The predicted molar refractivity (Wildman–Crippen MR) is 85.8 cm³/mol. The van der Waals surface area contributed by atoms with Crippen molar-refractivity contribution < 1.29 is 23.6 Å². The van der Waals surface area contributed by atoms with E-state index in [1.54, 1.807) is 25.3 Å². The van der Waals surface area contributed by atoms with Crippen LogP contribution in [0.1, 0.15) is 11.3 Å². The maximum atomic E-state index is 11.8. The fourth-order valence-electron chi connectivity index (χ4n) is 1.93. The highest BCUT2D eigenvalue weighted by molar-refractivity contribution is 5.91. The summed E-state index contributed by atoms with van der Waals surface area (Å²) in [4.78, 5) is 21.6. The van der Waals surface area contributed by atoms with Crippen molar-refractivity contribution in [3.05, 3.63) is 57.8 Å². The largest absolute Gasteiger partial charge is 0.493 e. The summed E-state index contributed by atoms with van der Waals surface area (Å²) in [7, 11) is 3.08. The summed E-state index contributed by atoms with van der Waals surface area (Å²) in [6, 6.07) is 7.95. The van der Waals surface area contributed by atoms with Crippen LogP contribution in [0.15, 0.2) is 40.8 Å². The molecule has 24 heavy (non-hydrogen) atoms. The first-order chi connectivity index (χ1) is 11.5. The predicted octanol–water partition coefficient (Wildman–Crippen LogP) is 2.53. The Morgan fingerprint density at radius 2 is 2.00 bits per heavy atom. The van der Waals surface area contributed by atoms with Gasteiger partial charge in [-0.2, -0.15) is 0 Å². The molecule has 1 heterocycles. The van der Waals surface area contributed by atoms with Gasteiger partial charge in [0.2, 0.25) is 5.91 Å². The van der Waals surface area contributed by atoms with E-state index in [2.05, 4.69) is 5.32 Å². The number of hydrogen-bond donors (Lipinski definition) is 1. The lowest BCUT2D eigenvalue weighted by atomic mass is 10.2. The molecule has 1 aromatic heterocycles. The molecule has 0 aliphatic heterocycles. The van der Waals surface area contributed by atoms with E-state index in [0.29, 0.717) is 18.0 Å². The Hall–Kier alpha value is -3.29. The van der Waals surface area contributed by atoms with Gasteiger partial charge in [0.1, 0.15) is 10.7 Å². The maximum absolute atomic E-state index is 11.8. The lowest BCUT2D eigenvalue weighted by Gasteiger charge is -2.09. The number of ether oxygens (including phenoxy) is 2. The van der Waals surface area contributed by atoms with Crippen LogP contribution in [0.2, 0.25) is 0 Å². The van der Waals surface area contributed by atoms with E-state index in [0.717, 1.165) is 5.56 Å². The normalized spacial score (nSPS) is 10.6. The first-order valence-corrected chi connectivity index (χ1v) is 6.94. The molecule has 8 heteroatoms. The van der Waals surface area contributed by atoms with Crippen molar-refractivity contribution in [1.82, 2.24) is 5.32 Å². The maximum Gasteiger partial charge on any atom is 0.433 e. The lowest BCUT2D eigenvalue weighted by molar-refractivity contribution is -0.402. The van der Waals surface area contributed by atoms with Gasteiger partial charge >= 0.3 is 5.88 Å². The summed E-state index contributed by atoms with van der Waals surface area (Å²) in [5, 5.41) is 13.2. The number of rotatable bonds is 7. The van der Waals surface area contributed by atoms with Crippen molar-refractivity contribution in [3.8, 4) is 11.5 Å². The molecule has 1 amide bonds. The molecule has 0 saturated carbocycles. The molecule has 0 atom stereocenters. The standard InChI is InChI=1S/C16H16N2O6/c1-22-13-6-3-11(9-14(13)23-2)10-17-15(19)7-4-12-5-8-16(24-12)18(20)21/h3-9H,10H2,1-2H3,(H,17,19)/b7-4+. The topological polar surface area (TPSA) is 104 Å². The average Bonchev–Trinajstić information content (AvgIpc) is 3.07. The Morgan fingerprint density at radius 1 is 1.25 bits per heavy atom. The molecule has 8 nitrogen and oxygen atoms in total. The van der Waals surface area contributed by atoms with Gasteiger partial charge in [0.05, 0.1) is 20.3 Å². The van der Waals surface area contributed by atoms with Crippen molar-refractivity contribution >= 4 is 17.9 Å². The number of carbonyl (C=O) groups excluding carboxylic acids is 1. The zero-order valence-electron chi connectivity index (χ0n) is 13.1. The van der Waals surface area contributed by atoms with Gasteiger partial charge in [-0.1, -0.05) is 6.07 Å². The summed E-state index contributed by atoms with van der Waals surface area (Å²) in [5.41, 5.74) is 0.836. The monoisotopic (exact) mass is 332 g/mol. The molecular formula is C16H16N2O6. The fraction of sp³-hybridized carbons (Fsp3) is 0.188. The molecule has 2 rings (SSSR count). The SMILES string of the molecule is COc1ccc(CNC(=O)/C=C/c2ccc([N+](=O)[O-])o2)cc1OC. The number of amides is 1. The number of hydrogen-bond acceptors (Lipinski definition) is 6. The molecule has 2 aromatic rings. The molecular weight excluding hydrogens is 316 g/mol. The van der Waals surface area contributed by atoms with Gasteiger partial charge in [0.15, 0.2) is 11.5 Å². The summed E-state index contributed by atoms with van der Waals surface area (Å²) in [6.45, 7) is 0.293. The highest BCUT2D eigenvalue weighted by Gasteiger charge is 2.10. The van der Waals surface area contributed by atoms with Crippen molar-refractivity contribution in [2.24, 2.45) is 0 Å². The molecule has 0 unspecified atom stereocenters. The number of furan rings is 1. The quantitative estimate of drug-likeness (QED) is 0.475. The lowest BCUT2D eigenvalue weighted by Crippen LogP contribution is -2.20. The van der Waals surface area contributed by atoms with E-state index in [4.69, 9.17) is 13.9 Å². The van der Waals surface area contributed by atoms with E-state index in [9.17, 15) is 14.9 Å². The first-order valence-electron chi connectivity index (χ1n) is 6.94. The fourth-order valence-corrected chi connectivity index (χ4v) is 1.93. The number of nitrogens with zero attached hydrogens (tertiary/aromatic N) is 1. The number of carbonyl (C=O) groups is 1. The first kappa shape index (κ1) is 17.1. The Labute approximate surface area is 137 Å². The smallest absolute Gasteiger partial charge is 0.433 e. The third-order valence-electron chi connectivity index (χ3n) is 3.11. The third kappa shape index (κ3) is 4.35. The van der Waals surface area contributed by atoms with E-state index >= 15 is 0 Å². The summed E-state index contributed by atoms with van der Waals surface area (Å²) in [6.07, 6.45) is 2.60. The second kappa shape index (κ2) is 7.82. The van der Waals surface area contributed by atoms with Crippen LogP contribution >= 0.6 is 0 Å². The molecule has 0 aliphatic rings. The van der Waals surface area contributed by atoms with Gasteiger partial charge in [0, 0.05) is 12.6 Å². The minimum atomic E-state index is -0.644. The number of nitro groups is 1. The van der Waals surface area contributed by atoms with Crippen molar-refractivity contribution in [1.29, 1.82) is 0 Å². The molecule has 0 spiro atoms. The van der Waals surface area contributed by atoms with Gasteiger partial charge in [-0.05, 0) is 29.8 Å². The van der Waals surface area contributed by atoms with Crippen LogP contribution in [0.3, 0.4) is 0 Å². The Kier molecular flexibility index (Phi) is 5.56. The molecule has 1 aromatic carbocycles. The van der Waals surface area contributed by atoms with Crippen molar-refractivity contribution in [2.75, 3.05) is 14.2 Å². The van der Waals surface area contributed by atoms with E-state index in [1.165, 1.54) is 31.4 Å². The van der Waals surface area contributed by atoms with Crippen LogP contribution in [0.5, 0.6) is 11.5 Å². The van der Waals surface area contributed by atoms with Crippen LogP contribution in [-0.4, -0.2) is 25.1 Å². The molecule has 126 valence electrons. The van der Waals surface area contributed by atoms with Gasteiger partial charge in [-0.25, -0.2) is 0 Å². The molecule has 0 radical (unpaired) electrons. The Bertz CT molecular complexity index is 766. The van der Waals surface area contributed by atoms with Crippen LogP contribution in [-0.2, 0) is 11.3 Å². The molecule has 1 N–H and O–H groups in total. The molecule has 0 saturated heterocycles. The second-order valence-corrected chi connectivity index (χ2v) is 4.67. The van der Waals surface area contributed by atoms with Gasteiger partial charge in [-0.3, -0.25) is 14.9 Å². The zero-order valence-corrected chi connectivity index (χ0v) is 13.1. The number of benzene rings is 1. The minimum Gasteiger partial charge on any atom is -0.493 e. The van der Waals surface area contributed by atoms with Gasteiger partial charge in [0.25, 0.3) is 0 Å². The highest BCUT2D eigenvalue weighted by atomic mass is 16.6. The van der Waals surface area contributed by atoms with Crippen LogP contribution in [0.4, 0.5) is 5.88 Å². The van der Waals surface area contributed by atoms with Crippen molar-refractivity contribution in [2.45, 2.75) is 6.54 Å². The van der Waals surface area contributed by atoms with E-state index < -0.39 is 4.92 Å². The van der Waals surface area contributed by atoms with Crippen LogP contribution < -0.4 is 14.8 Å². The molecule has 0 fully saturated rings. The van der Waals surface area contributed by atoms with Gasteiger partial charge < -0.3 is 19.2 Å². The average molecular weight is 332 g/mol. The number of nitrogens with one attached hydrogen (secondary N) is 1. The zero-order chi connectivity index (χ0) is 17.5. The minimum absolute atomic E-state index is 0.225. The van der Waals surface area contributed by atoms with Crippen LogP contribution in [0.25, 0.3) is 6.08 Å². The summed E-state index contributed by atoms with van der Waals surface area (Å²) < 4.78 is 15.3. The van der Waals surface area contributed by atoms with E-state index in [-0.39, 0.29) is 17.6 Å². The third-order valence-corrected chi connectivity index (χ3v) is 3.11. The van der Waals surface area contributed by atoms with E-state index in [1.807, 2.05) is 0 Å². The summed E-state index contributed by atoms with van der Waals surface area (Å²) in [5.74, 6) is 0.668. The molecule has 0 aliphatic carbocycles. The van der Waals surface area contributed by atoms with Crippen molar-refractivity contribution in [3.63, 3.8) is 0 Å². The second-order valence-electron chi connectivity index (χ2n) is 4.67. The number of methoxy groups -OCH3 is 2. The Balaban J connectivity index is 1.92. The van der Waals surface area contributed by atoms with Crippen LogP contribution in [0, 0.1) is 10.1 Å². The highest BCUT2D eigenvalue weighted by Crippen LogP contribution is 2.27. The Morgan fingerprint density at radius 3 is 2.62 bits per heavy atom.